The molecule has 174 valence electrons. The number of aryl methyl sites for hydroxylation is 1. The predicted molar refractivity (Wildman–Crippen MR) is 136 cm³/mol. The summed E-state index contributed by atoms with van der Waals surface area (Å²) in [6.45, 7) is 1.72. The molecular weight excluding hydrogens is 455 g/mol. The second-order valence-corrected chi connectivity index (χ2v) is 8.36. The first kappa shape index (κ1) is 21.5. The van der Waals surface area contributed by atoms with Gasteiger partial charge in [-0.15, -0.1) is 0 Å². The molecule has 7 nitrogen and oxygen atoms in total. The van der Waals surface area contributed by atoms with Gasteiger partial charge in [-0.3, -0.25) is 9.78 Å². The van der Waals surface area contributed by atoms with Crippen molar-refractivity contribution in [1.29, 1.82) is 0 Å². The van der Waals surface area contributed by atoms with Gasteiger partial charge in [0, 0.05) is 40.7 Å². The molecule has 1 N–H and O–H groups in total. The molecule has 0 radical (unpaired) electrons. The molecule has 4 aromatic heterocycles. The number of hydrogen-bond acceptors (Lipinski definition) is 5. The normalized spacial score (nSPS) is 11.2. The van der Waals surface area contributed by atoms with E-state index in [0.717, 1.165) is 22.0 Å². The zero-order valence-electron chi connectivity index (χ0n) is 19.2. The molecule has 0 bridgehead atoms. The van der Waals surface area contributed by atoms with Crippen molar-refractivity contribution in [2.45, 2.75) is 6.92 Å². The van der Waals surface area contributed by atoms with E-state index in [9.17, 15) is 9.18 Å². The highest BCUT2D eigenvalue weighted by atomic mass is 19.1. The average molecular weight is 474 g/mol. The van der Waals surface area contributed by atoms with Gasteiger partial charge >= 0.3 is 0 Å². The molecular formula is C28H19FN6O. The number of carbonyl (C=O) groups is 1. The van der Waals surface area contributed by atoms with Crippen molar-refractivity contribution in [2.75, 3.05) is 5.32 Å². The van der Waals surface area contributed by atoms with Crippen LogP contribution in [-0.2, 0) is 0 Å². The van der Waals surface area contributed by atoms with Crippen LogP contribution in [0.2, 0.25) is 0 Å². The maximum Gasteiger partial charge on any atom is 0.256 e. The molecule has 1 amide bonds. The standard InChI is InChI=1S/C28H19FN6O/c1-17-14-19(6-8-22(17)29)26-27(35-25(34-26)5-3-12-32-35)20-10-13-31-24(16-20)33-28(36)21-7-9-23-18(15-21)4-2-11-30-23/h2-16H,1H3,(H,31,33,36). The van der Waals surface area contributed by atoms with E-state index in [1.165, 1.54) is 6.07 Å². The van der Waals surface area contributed by atoms with Gasteiger partial charge in [0.05, 0.1) is 11.2 Å². The van der Waals surface area contributed by atoms with Crippen molar-refractivity contribution in [3.05, 3.63) is 108 Å². The third-order valence-electron chi connectivity index (χ3n) is 5.96. The molecule has 8 heteroatoms. The van der Waals surface area contributed by atoms with Crippen LogP contribution in [0.3, 0.4) is 0 Å². The molecule has 0 saturated heterocycles. The van der Waals surface area contributed by atoms with E-state index in [2.05, 4.69) is 20.4 Å². The minimum Gasteiger partial charge on any atom is -0.307 e. The van der Waals surface area contributed by atoms with Crippen LogP contribution < -0.4 is 5.32 Å². The monoisotopic (exact) mass is 474 g/mol. The summed E-state index contributed by atoms with van der Waals surface area (Å²) in [4.78, 5) is 26.4. The molecule has 0 atom stereocenters. The fourth-order valence-electron chi connectivity index (χ4n) is 4.19. The van der Waals surface area contributed by atoms with Crippen LogP contribution in [0.4, 0.5) is 10.2 Å². The average Bonchev–Trinajstić information content (AvgIpc) is 3.30. The first-order chi connectivity index (χ1) is 17.6. The predicted octanol–water partition coefficient (Wildman–Crippen LogP) is 5.71. The van der Waals surface area contributed by atoms with Crippen molar-refractivity contribution in [3.8, 4) is 22.5 Å². The SMILES string of the molecule is Cc1cc(-c2nc3cccnn3c2-c2ccnc(NC(=O)c3ccc4ncccc4c3)c2)ccc1F. The minimum atomic E-state index is -0.281. The summed E-state index contributed by atoms with van der Waals surface area (Å²) in [5.41, 5.74) is 5.38. The molecule has 4 heterocycles. The van der Waals surface area contributed by atoms with Gasteiger partial charge in [-0.25, -0.2) is 18.9 Å². The highest BCUT2D eigenvalue weighted by molar-refractivity contribution is 6.06. The number of imidazole rings is 1. The molecule has 0 spiro atoms. The van der Waals surface area contributed by atoms with Crippen molar-refractivity contribution in [2.24, 2.45) is 0 Å². The van der Waals surface area contributed by atoms with E-state index in [1.54, 1.807) is 60.4 Å². The Bertz CT molecular complexity index is 1780. The first-order valence-electron chi connectivity index (χ1n) is 11.3. The van der Waals surface area contributed by atoms with Crippen LogP contribution in [0.5, 0.6) is 0 Å². The van der Waals surface area contributed by atoms with Crippen LogP contribution in [-0.4, -0.2) is 30.5 Å². The van der Waals surface area contributed by atoms with Crippen LogP contribution >= 0.6 is 0 Å². The Kier molecular flexibility index (Phi) is 5.19. The van der Waals surface area contributed by atoms with Crippen LogP contribution in [0.15, 0.2) is 91.4 Å². The van der Waals surface area contributed by atoms with E-state index in [4.69, 9.17) is 4.98 Å². The second-order valence-electron chi connectivity index (χ2n) is 8.36. The van der Waals surface area contributed by atoms with Gasteiger partial charge in [0.15, 0.2) is 5.65 Å². The van der Waals surface area contributed by atoms with Gasteiger partial charge in [0.25, 0.3) is 5.91 Å². The third kappa shape index (κ3) is 3.84. The smallest absolute Gasteiger partial charge is 0.256 e. The molecule has 0 fully saturated rings. The van der Waals surface area contributed by atoms with Crippen molar-refractivity contribution < 1.29 is 9.18 Å². The van der Waals surface area contributed by atoms with Gasteiger partial charge < -0.3 is 5.32 Å². The lowest BCUT2D eigenvalue weighted by atomic mass is 10.0. The number of fused-ring (bicyclic) bond motifs is 2. The molecule has 6 rings (SSSR count). The lowest BCUT2D eigenvalue weighted by molar-refractivity contribution is 0.102. The lowest BCUT2D eigenvalue weighted by Crippen LogP contribution is -2.13. The fraction of sp³-hybridized carbons (Fsp3) is 0.0357. The van der Waals surface area contributed by atoms with Crippen LogP contribution in [0.25, 0.3) is 39.1 Å². The van der Waals surface area contributed by atoms with Crippen LogP contribution in [0.1, 0.15) is 15.9 Å². The number of aromatic nitrogens is 5. The van der Waals surface area contributed by atoms with Gasteiger partial charge in [-0.1, -0.05) is 6.07 Å². The van der Waals surface area contributed by atoms with E-state index in [-0.39, 0.29) is 11.7 Å². The van der Waals surface area contributed by atoms with Crippen molar-refractivity contribution in [1.82, 2.24) is 24.6 Å². The summed E-state index contributed by atoms with van der Waals surface area (Å²) < 4.78 is 15.7. The minimum absolute atomic E-state index is 0.277. The summed E-state index contributed by atoms with van der Waals surface area (Å²) in [6, 6.07) is 21.3. The Morgan fingerprint density at radius 2 is 1.78 bits per heavy atom. The Morgan fingerprint density at radius 1 is 0.889 bits per heavy atom. The molecule has 0 aliphatic rings. The largest absolute Gasteiger partial charge is 0.307 e. The van der Waals surface area contributed by atoms with Gasteiger partial charge in [0.2, 0.25) is 0 Å². The van der Waals surface area contributed by atoms with Crippen molar-refractivity contribution >= 4 is 28.3 Å². The Labute approximate surface area is 205 Å². The van der Waals surface area contributed by atoms with E-state index in [0.29, 0.717) is 34.0 Å². The van der Waals surface area contributed by atoms with Gasteiger partial charge in [-0.2, -0.15) is 5.10 Å². The second kappa shape index (κ2) is 8.66. The quantitative estimate of drug-likeness (QED) is 0.354. The van der Waals surface area contributed by atoms with E-state index < -0.39 is 0 Å². The maximum absolute atomic E-state index is 14.0. The number of halogens is 1. The molecule has 36 heavy (non-hydrogen) atoms. The summed E-state index contributed by atoms with van der Waals surface area (Å²) in [5, 5.41) is 8.23. The molecule has 6 aromatic rings. The number of nitrogens with one attached hydrogen (secondary N) is 1. The number of benzene rings is 2. The van der Waals surface area contributed by atoms with Crippen molar-refractivity contribution in [3.63, 3.8) is 0 Å². The number of amides is 1. The van der Waals surface area contributed by atoms with E-state index >= 15 is 0 Å². The number of pyridine rings is 2. The Balaban J connectivity index is 1.40. The molecule has 0 saturated carbocycles. The Morgan fingerprint density at radius 3 is 2.67 bits per heavy atom. The van der Waals surface area contributed by atoms with Gasteiger partial charge in [0.1, 0.15) is 17.3 Å². The molecule has 0 aliphatic heterocycles. The lowest BCUT2D eigenvalue weighted by Gasteiger charge is -2.09. The Hall–Kier alpha value is -4.98. The maximum atomic E-state index is 14.0. The number of anilines is 1. The summed E-state index contributed by atoms with van der Waals surface area (Å²) in [5.74, 6) is -0.174. The zero-order chi connectivity index (χ0) is 24.6. The summed E-state index contributed by atoms with van der Waals surface area (Å²) in [7, 11) is 0. The van der Waals surface area contributed by atoms with Gasteiger partial charge in [-0.05, 0) is 79.2 Å². The zero-order valence-corrected chi connectivity index (χ0v) is 19.2. The number of rotatable bonds is 4. The highest BCUT2D eigenvalue weighted by Crippen LogP contribution is 2.33. The summed E-state index contributed by atoms with van der Waals surface area (Å²) >= 11 is 0. The number of carbonyl (C=O) groups excluding carboxylic acids is 1. The third-order valence-corrected chi connectivity index (χ3v) is 5.96. The number of nitrogens with zero attached hydrogens (tertiary/aromatic N) is 5. The first-order valence-corrected chi connectivity index (χ1v) is 11.3. The van der Waals surface area contributed by atoms with E-state index in [1.807, 2.05) is 36.4 Å². The molecule has 2 aromatic carbocycles. The number of hydrogen-bond donors (Lipinski definition) is 1. The summed E-state index contributed by atoms with van der Waals surface area (Å²) in [6.07, 6.45) is 5.02. The fourth-order valence-corrected chi connectivity index (χ4v) is 4.19. The topological polar surface area (TPSA) is 85.1 Å². The van der Waals surface area contributed by atoms with Crippen LogP contribution in [0, 0.1) is 12.7 Å². The highest BCUT2D eigenvalue weighted by Gasteiger charge is 2.18. The molecule has 0 aliphatic carbocycles. The molecule has 0 unspecified atom stereocenters.